The molecule has 6 aliphatic rings. The van der Waals surface area contributed by atoms with Gasteiger partial charge in [-0.2, -0.15) is 0 Å². The van der Waals surface area contributed by atoms with Gasteiger partial charge >= 0.3 is 0 Å². The second-order valence-corrected chi connectivity index (χ2v) is 19.9. The zero-order valence-electron chi connectivity index (χ0n) is 40.1. The van der Waals surface area contributed by atoms with Crippen molar-refractivity contribution < 1.29 is 39.6 Å². The number of aliphatic hydroxyl groups is 2. The fourth-order valence-electron chi connectivity index (χ4n) is 11.6. The van der Waals surface area contributed by atoms with Crippen molar-refractivity contribution in [2.75, 3.05) is 56.4 Å². The number of amides is 4. The summed E-state index contributed by atoms with van der Waals surface area (Å²) in [5, 5.41) is 41.3. The highest BCUT2D eigenvalue weighted by Gasteiger charge is 2.62. The first-order chi connectivity index (χ1) is 30.0. The van der Waals surface area contributed by atoms with E-state index < -0.39 is 11.2 Å². The van der Waals surface area contributed by atoms with Crippen molar-refractivity contribution in [1.29, 1.82) is 0 Å². The van der Waals surface area contributed by atoms with Gasteiger partial charge in [0.1, 0.15) is 22.7 Å². The topological polar surface area (TPSA) is 162 Å². The molecule has 0 aromatic heterocycles. The Kier molecular flexibility index (Phi) is 18.9. The number of aromatic hydroxyl groups is 2. The highest BCUT2D eigenvalue weighted by Crippen LogP contribution is 2.65. The van der Waals surface area contributed by atoms with Crippen molar-refractivity contribution in [3.05, 3.63) is 58.7 Å². The van der Waals surface area contributed by atoms with E-state index in [4.69, 9.17) is 12.8 Å². The van der Waals surface area contributed by atoms with Gasteiger partial charge in [0.2, 0.25) is 25.6 Å². The second-order valence-electron chi connectivity index (χ2n) is 19.9. The van der Waals surface area contributed by atoms with Crippen LogP contribution in [0.5, 0.6) is 11.5 Å². The van der Waals surface area contributed by atoms with E-state index in [1.54, 1.807) is 56.4 Å². The minimum absolute atomic E-state index is 0.128. The van der Waals surface area contributed by atoms with Crippen LogP contribution < -0.4 is 0 Å². The summed E-state index contributed by atoms with van der Waals surface area (Å²) in [6.07, 6.45) is 26.5. The van der Waals surface area contributed by atoms with Gasteiger partial charge in [-0.05, 0) is 159 Å². The van der Waals surface area contributed by atoms with Crippen LogP contribution >= 0.6 is 0 Å². The summed E-state index contributed by atoms with van der Waals surface area (Å²) in [7, 11) is 13.5. The molecular formula is C52H76N4O8. The Bertz CT molecular complexity index is 1810. The van der Waals surface area contributed by atoms with Gasteiger partial charge < -0.3 is 40.0 Å². The highest BCUT2D eigenvalue weighted by molar-refractivity contribution is 5.46. The molecule has 4 fully saturated rings. The molecule has 64 heavy (non-hydrogen) atoms. The van der Waals surface area contributed by atoms with Gasteiger partial charge in [0, 0.05) is 67.2 Å². The third-order valence-electron chi connectivity index (χ3n) is 15.0. The first-order valence-electron chi connectivity index (χ1n) is 22.6. The molecule has 352 valence electrons. The summed E-state index contributed by atoms with van der Waals surface area (Å²) in [5.74, 6) is 9.64. The number of phenolic OH excluding ortho intramolecular Hbond substituents is 2. The number of hydrogen-bond donors (Lipinski definition) is 4. The number of fused-ring (bicyclic) bond motifs is 10. The Labute approximate surface area is 383 Å². The Balaban J connectivity index is 0.000000241. The molecule has 0 bridgehead atoms. The summed E-state index contributed by atoms with van der Waals surface area (Å²) in [6.45, 7) is 4.43. The van der Waals surface area contributed by atoms with Gasteiger partial charge in [0.25, 0.3) is 0 Å². The van der Waals surface area contributed by atoms with Gasteiger partial charge in [-0.3, -0.25) is 19.2 Å². The first-order valence-corrected chi connectivity index (χ1v) is 22.6. The molecule has 4 saturated carbocycles. The lowest BCUT2D eigenvalue weighted by Crippen LogP contribution is -2.50. The predicted octanol–water partition coefficient (Wildman–Crippen LogP) is 6.04. The smallest absolute Gasteiger partial charge is 0.209 e. The standard InChI is InChI=1S/2C20H24O2.4C3H7NO/c2*1-3-20(22)11-9-18-17-6-4-13-12-14(21)5-7-15(13)16(17)8-10-19(18,20)2;4*1-4(2)3-5/h2*1,5,7,12,16-18,21-22H,4,6,8-11H2,2H3;4*3H,1-2H3/t2*16-,17-,18+,19+,20+;;;;/m11..../s1. The maximum absolute atomic E-state index is 10.9. The van der Waals surface area contributed by atoms with Gasteiger partial charge in [-0.25, -0.2) is 0 Å². The Morgan fingerprint density at radius 2 is 0.828 bits per heavy atom. The number of carbonyl (C=O) groups excluding carboxylic acids is 4. The lowest BCUT2D eigenvalue weighted by molar-refractivity contribution is -0.116. The van der Waals surface area contributed by atoms with E-state index in [2.05, 4.69) is 37.8 Å². The van der Waals surface area contributed by atoms with E-state index in [0.29, 0.717) is 47.0 Å². The van der Waals surface area contributed by atoms with Crippen LogP contribution in [0.4, 0.5) is 0 Å². The van der Waals surface area contributed by atoms with E-state index >= 15 is 0 Å². The molecule has 0 saturated heterocycles. The molecule has 12 nitrogen and oxygen atoms in total. The molecule has 0 radical (unpaired) electrons. The lowest BCUT2D eigenvalue weighted by atomic mass is 9.53. The van der Waals surface area contributed by atoms with Crippen LogP contribution in [0.15, 0.2) is 36.4 Å². The largest absolute Gasteiger partial charge is 0.508 e. The molecule has 2 aromatic carbocycles. The van der Waals surface area contributed by atoms with E-state index in [-0.39, 0.29) is 10.8 Å². The third kappa shape index (κ3) is 11.8. The number of terminal acetylenes is 2. The zero-order chi connectivity index (χ0) is 48.2. The van der Waals surface area contributed by atoms with Crippen molar-refractivity contribution >= 4 is 25.6 Å². The van der Waals surface area contributed by atoms with E-state index in [9.17, 15) is 39.6 Å². The molecule has 0 unspecified atom stereocenters. The predicted molar refractivity (Wildman–Crippen MR) is 252 cm³/mol. The SMILES string of the molecule is C#C[C@]1(O)CC[C@H]2[C@@H]3CCc4cc(O)ccc4[C@H]3CC[C@@]21C.C#C[C@]1(O)CC[C@H]2[C@@H]3CCc4cc(O)ccc4[C@H]3CC[C@@]21C.CN(C)C=O.CN(C)C=O.CN(C)C=O.CN(C)C=O. The monoisotopic (exact) mass is 885 g/mol. The first kappa shape index (κ1) is 53.3. The highest BCUT2D eigenvalue weighted by atomic mass is 16.3. The molecule has 2 aromatic rings. The number of aryl methyl sites for hydroxylation is 2. The average molecular weight is 885 g/mol. The maximum Gasteiger partial charge on any atom is 0.209 e. The number of hydrogen-bond acceptors (Lipinski definition) is 8. The third-order valence-corrected chi connectivity index (χ3v) is 15.0. The summed E-state index contributed by atoms with van der Waals surface area (Å²) in [6, 6.07) is 11.7. The number of carbonyl (C=O) groups is 4. The normalized spacial score (nSPS) is 31.6. The van der Waals surface area contributed by atoms with Crippen molar-refractivity contribution in [2.24, 2.45) is 34.5 Å². The summed E-state index contributed by atoms with van der Waals surface area (Å²) < 4.78 is 0. The molecule has 12 heteroatoms. The van der Waals surface area contributed by atoms with E-state index in [1.807, 2.05) is 24.3 Å². The molecule has 10 atom stereocenters. The second kappa shape index (κ2) is 22.7. The Morgan fingerprint density at radius 1 is 0.531 bits per heavy atom. The van der Waals surface area contributed by atoms with Crippen LogP contribution in [-0.4, -0.2) is 133 Å². The minimum Gasteiger partial charge on any atom is -0.508 e. The van der Waals surface area contributed by atoms with Crippen molar-refractivity contribution in [1.82, 2.24) is 19.6 Å². The Morgan fingerprint density at radius 3 is 1.09 bits per heavy atom. The van der Waals surface area contributed by atoms with Crippen LogP contribution in [0.25, 0.3) is 0 Å². The molecule has 0 spiro atoms. The van der Waals surface area contributed by atoms with Gasteiger partial charge in [-0.1, -0.05) is 37.8 Å². The Hall–Kier alpha value is -5.04. The number of phenols is 2. The summed E-state index contributed by atoms with van der Waals surface area (Å²) >= 11 is 0. The zero-order valence-corrected chi connectivity index (χ0v) is 40.1. The van der Waals surface area contributed by atoms with Crippen molar-refractivity contribution in [3.63, 3.8) is 0 Å². The van der Waals surface area contributed by atoms with Gasteiger partial charge in [-0.15, -0.1) is 12.8 Å². The van der Waals surface area contributed by atoms with E-state index in [0.717, 1.165) is 103 Å². The molecule has 0 heterocycles. The summed E-state index contributed by atoms with van der Waals surface area (Å²) in [4.78, 5) is 43.5. The van der Waals surface area contributed by atoms with Crippen molar-refractivity contribution in [2.45, 2.75) is 114 Å². The fourth-order valence-corrected chi connectivity index (χ4v) is 11.6. The number of benzene rings is 2. The minimum atomic E-state index is -0.919. The van der Waals surface area contributed by atoms with Crippen molar-refractivity contribution in [3.8, 4) is 36.2 Å². The maximum atomic E-state index is 10.9. The fraction of sp³-hybridized carbons (Fsp3) is 0.615. The summed E-state index contributed by atoms with van der Waals surface area (Å²) in [5.41, 5.74) is 3.38. The molecule has 8 rings (SSSR count). The molecule has 4 amide bonds. The van der Waals surface area contributed by atoms with Crippen LogP contribution in [0.3, 0.4) is 0 Å². The lowest BCUT2D eigenvalue weighted by Gasteiger charge is -2.52. The molecule has 4 N–H and O–H groups in total. The van der Waals surface area contributed by atoms with Crippen LogP contribution in [-0.2, 0) is 32.0 Å². The van der Waals surface area contributed by atoms with Gasteiger partial charge in [0.15, 0.2) is 0 Å². The molecule has 0 aliphatic heterocycles. The van der Waals surface area contributed by atoms with Crippen LogP contribution in [0.1, 0.15) is 112 Å². The molecular weight excluding hydrogens is 809 g/mol. The number of rotatable bonds is 4. The van der Waals surface area contributed by atoms with Gasteiger partial charge in [0.05, 0.1) is 0 Å². The number of nitrogens with zero attached hydrogens (tertiary/aromatic N) is 4. The van der Waals surface area contributed by atoms with E-state index in [1.165, 1.54) is 41.9 Å². The van der Waals surface area contributed by atoms with Crippen LogP contribution in [0.2, 0.25) is 0 Å². The quantitative estimate of drug-likeness (QED) is 0.214. The average Bonchev–Trinajstić information content (AvgIpc) is 3.72. The molecule has 6 aliphatic carbocycles. The van der Waals surface area contributed by atoms with Crippen LogP contribution in [0, 0.1) is 59.2 Å².